The highest BCUT2D eigenvalue weighted by molar-refractivity contribution is 7.47. The van der Waals surface area contributed by atoms with Gasteiger partial charge in [-0.1, -0.05) is 329 Å². The SMILES string of the molecule is CC/C=C\C/C=C\C/C=C\C/C=C\C/C=C\C/C=C\C/C=C\C/C=C\CCCCCCCCCCC(=O)OC(COC(=O)CCCCCCCCCCCCCCCCCCCCCCC/C=C\CCCCCCCCCC)COP(=O)(O)OCC[N+](C)(C)C. The maximum Gasteiger partial charge on any atom is 0.472 e. The summed E-state index contributed by atoms with van der Waals surface area (Å²) in [5, 5.41) is 0. The van der Waals surface area contributed by atoms with Gasteiger partial charge in [-0.25, -0.2) is 4.57 Å². The lowest BCUT2D eigenvalue weighted by Gasteiger charge is -2.24. The van der Waals surface area contributed by atoms with Gasteiger partial charge in [-0.3, -0.25) is 18.6 Å². The van der Waals surface area contributed by atoms with E-state index in [1.807, 2.05) is 21.1 Å². The largest absolute Gasteiger partial charge is 0.472 e. The number of hydrogen-bond acceptors (Lipinski definition) is 7. The molecule has 9 nitrogen and oxygen atoms in total. The lowest BCUT2D eigenvalue weighted by atomic mass is 10.0. The Morgan fingerprint density at radius 3 is 0.956 bits per heavy atom. The van der Waals surface area contributed by atoms with Crippen molar-refractivity contribution < 1.29 is 42.1 Å². The summed E-state index contributed by atoms with van der Waals surface area (Å²) in [7, 11) is 1.47. The number of ether oxygens (including phenoxy) is 2. The first-order valence-corrected chi connectivity index (χ1v) is 39.1. The predicted molar refractivity (Wildman–Crippen MR) is 390 cm³/mol. The van der Waals surface area contributed by atoms with Crippen LogP contribution in [0.4, 0.5) is 0 Å². The lowest BCUT2D eigenvalue weighted by molar-refractivity contribution is -0.870. The molecule has 10 heteroatoms. The number of rotatable bonds is 69. The van der Waals surface area contributed by atoms with Gasteiger partial charge in [0.2, 0.25) is 0 Å². The van der Waals surface area contributed by atoms with Crippen molar-refractivity contribution in [1.82, 2.24) is 0 Å². The van der Waals surface area contributed by atoms with Crippen LogP contribution in [0.5, 0.6) is 0 Å². The normalized spacial score (nSPS) is 13.7. The second kappa shape index (κ2) is 70.0. The van der Waals surface area contributed by atoms with E-state index in [0.717, 1.165) is 96.3 Å². The summed E-state index contributed by atoms with van der Waals surface area (Å²) in [6.07, 6.45) is 99.3. The Labute approximate surface area is 556 Å². The number of allylic oxidation sites excluding steroid dienone is 18. The number of likely N-dealkylation sites (N-methyl/N-ethyl adjacent to an activating group) is 1. The van der Waals surface area contributed by atoms with E-state index in [2.05, 4.69) is 123 Å². The van der Waals surface area contributed by atoms with Gasteiger partial charge < -0.3 is 18.9 Å². The van der Waals surface area contributed by atoms with Gasteiger partial charge in [0.05, 0.1) is 27.7 Å². The number of esters is 2. The molecule has 2 atom stereocenters. The van der Waals surface area contributed by atoms with Crippen LogP contribution >= 0.6 is 7.82 Å². The van der Waals surface area contributed by atoms with Crippen LogP contribution in [0.3, 0.4) is 0 Å². The molecule has 520 valence electrons. The van der Waals surface area contributed by atoms with Crippen molar-refractivity contribution in [2.75, 3.05) is 47.5 Å². The van der Waals surface area contributed by atoms with E-state index >= 15 is 0 Å². The van der Waals surface area contributed by atoms with E-state index < -0.39 is 26.5 Å². The summed E-state index contributed by atoms with van der Waals surface area (Å²) < 4.78 is 34.8. The number of phosphoric ester groups is 1. The molecule has 0 aromatic carbocycles. The molecular formula is C80H143NO8P+. The van der Waals surface area contributed by atoms with Gasteiger partial charge >= 0.3 is 19.8 Å². The summed E-state index contributed by atoms with van der Waals surface area (Å²) >= 11 is 0. The van der Waals surface area contributed by atoms with Crippen LogP contribution in [-0.2, 0) is 32.7 Å². The first-order valence-electron chi connectivity index (χ1n) is 37.6. The average Bonchev–Trinajstić information content (AvgIpc) is 3.58. The van der Waals surface area contributed by atoms with Crippen LogP contribution in [0.2, 0.25) is 0 Å². The van der Waals surface area contributed by atoms with Crippen LogP contribution in [0.15, 0.2) is 109 Å². The van der Waals surface area contributed by atoms with Gasteiger partial charge in [0.1, 0.15) is 19.8 Å². The topological polar surface area (TPSA) is 108 Å². The Morgan fingerprint density at radius 2 is 0.633 bits per heavy atom. The highest BCUT2D eigenvalue weighted by Gasteiger charge is 2.27. The zero-order chi connectivity index (χ0) is 65.5. The molecule has 0 bridgehead atoms. The zero-order valence-corrected chi connectivity index (χ0v) is 60.2. The summed E-state index contributed by atoms with van der Waals surface area (Å²) in [6.45, 7) is 4.34. The van der Waals surface area contributed by atoms with Crippen molar-refractivity contribution in [3.8, 4) is 0 Å². The Morgan fingerprint density at radius 1 is 0.356 bits per heavy atom. The number of nitrogens with zero attached hydrogens (tertiary/aromatic N) is 1. The number of quaternary nitrogens is 1. The van der Waals surface area contributed by atoms with Gasteiger partial charge in [0, 0.05) is 12.8 Å². The maximum atomic E-state index is 12.9. The number of hydrogen-bond donors (Lipinski definition) is 1. The standard InChI is InChI=1S/C80H142NO8P/c1-6-8-10-12-14-16-18-20-22-24-26-28-30-32-34-36-38-40-42-44-46-48-50-52-54-56-58-60-62-64-66-68-70-72-79(82)86-76-78(77-88-90(84,85)87-75-74-81(3,4)5)89-80(83)73-71-69-67-65-63-61-59-57-55-53-51-49-47-45-43-41-39-37-35-33-31-29-27-25-23-21-19-17-15-13-11-9-7-2/h9,11,15,17,21,23-24,26-27,29,33,35,39,41,45,47,51,53,78H,6-8,10,12-14,16,18-20,22,25,28,30-32,34,36-38,40,42-44,46,48-50,52,54-77H2,1-5H3/p+1/b11-9-,17-15-,23-21-,26-24-,29-27-,35-33-,41-39-,47-45-,53-51-. The first-order chi connectivity index (χ1) is 44.0. The molecule has 0 saturated carbocycles. The Bertz CT molecular complexity index is 1890. The second-order valence-electron chi connectivity index (χ2n) is 26.3. The molecular weight excluding hydrogens is 1130 g/mol. The third kappa shape index (κ3) is 73.7. The van der Waals surface area contributed by atoms with Crippen LogP contribution in [0.1, 0.15) is 335 Å². The number of phosphoric acid groups is 1. The molecule has 0 aliphatic carbocycles. The predicted octanol–water partition coefficient (Wildman–Crippen LogP) is 24.8. The molecule has 0 fully saturated rings. The van der Waals surface area contributed by atoms with Crippen molar-refractivity contribution in [3.63, 3.8) is 0 Å². The maximum absolute atomic E-state index is 12.9. The van der Waals surface area contributed by atoms with Crippen molar-refractivity contribution >= 4 is 19.8 Å². The summed E-state index contributed by atoms with van der Waals surface area (Å²) in [6, 6.07) is 0. The second-order valence-corrected chi connectivity index (χ2v) is 27.8. The number of unbranched alkanes of at least 4 members (excludes halogenated alkanes) is 37. The summed E-state index contributed by atoms with van der Waals surface area (Å²) in [5.41, 5.74) is 0. The van der Waals surface area contributed by atoms with Crippen LogP contribution in [-0.4, -0.2) is 74.9 Å². The molecule has 0 spiro atoms. The van der Waals surface area contributed by atoms with Gasteiger partial charge in [0.15, 0.2) is 6.10 Å². The Hall–Kier alpha value is -3.33. The quantitative estimate of drug-likeness (QED) is 0.0211. The molecule has 2 unspecified atom stereocenters. The molecule has 0 aliphatic rings. The lowest BCUT2D eigenvalue weighted by Crippen LogP contribution is -2.37. The van der Waals surface area contributed by atoms with Crippen molar-refractivity contribution in [2.45, 2.75) is 341 Å². The van der Waals surface area contributed by atoms with Crippen molar-refractivity contribution in [1.29, 1.82) is 0 Å². The molecule has 0 radical (unpaired) electrons. The highest BCUT2D eigenvalue weighted by atomic mass is 31.2. The van der Waals surface area contributed by atoms with E-state index in [4.69, 9.17) is 18.5 Å². The van der Waals surface area contributed by atoms with Gasteiger partial charge in [-0.15, -0.1) is 0 Å². The molecule has 0 aromatic heterocycles. The van der Waals surface area contributed by atoms with E-state index in [0.29, 0.717) is 17.4 Å². The van der Waals surface area contributed by atoms with E-state index in [1.165, 1.54) is 205 Å². The molecule has 0 amide bonds. The minimum atomic E-state index is -4.40. The average molecular weight is 1280 g/mol. The molecule has 0 saturated heterocycles. The molecule has 1 N–H and O–H groups in total. The highest BCUT2D eigenvalue weighted by Crippen LogP contribution is 2.43. The van der Waals surface area contributed by atoms with Crippen molar-refractivity contribution in [3.05, 3.63) is 109 Å². The molecule has 0 aliphatic heterocycles. The minimum Gasteiger partial charge on any atom is -0.462 e. The zero-order valence-electron chi connectivity index (χ0n) is 59.4. The molecule has 90 heavy (non-hydrogen) atoms. The van der Waals surface area contributed by atoms with E-state index in [9.17, 15) is 19.0 Å². The number of carbonyl (C=O) groups excluding carboxylic acids is 2. The van der Waals surface area contributed by atoms with E-state index in [-0.39, 0.29) is 32.0 Å². The van der Waals surface area contributed by atoms with Gasteiger partial charge in [0.25, 0.3) is 0 Å². The number of carbonyl (C=O) groups is 2. The molecule has 0 heterocycles. The van der Waals surface area contributed by atoms with Gasteiger partial charge in [-0.05, 0) is 103 Å². The fourth-order valence-electron chi connectivity index (χ4n) is 10.6. The first kappa shape index (κ1) is 86.7. The summed E-state index contributed by atoms with van der Waals surface area (Å²) in [5.74, 6) is -0.799. The third-order valence-corrected chi connectivity index (χ3v) is 17.3. The molecule has 0 aromatic rings. The van der Waals surface area contributed by atoms with Crippen LogP contribution < -0.4 is 0 Å². The molecule has 0 rings (SSSR count). The fourth-order valence-corrected chi connectivity index (χ4v) is 11.3. The van der Waals surface area contributed by atoms with Crippen molar-refractivity contribution in [2.24, 2.45) is 0 Å². The summed E-state index contributed by atoms with van der Waals surface area (Å²) in [4.78, 5) is 35.9. The third-order valence-electron chi connectivity index (χ3n) is 16.3. The van der Waals surface area contributed by atoms with E-state index in [1.54, 1.807) is 0 Å². The fraction of sp³-hybridized carbons (Fsp3) is 0.750. The minimum absolute atomic E-state index is 0.0264. The smallest absolute Gasteiger partial charge is 0.462 e. The Balaban J connectivity index is 4.04. The monoisotopic (exact) mass is 1280 g/mol. The van der Waals surface area contributed by atoms with Crippen LogP contribution in [0, 0.1) is 0 Å². The van der Waals surface area contributed by atoms with Gasteiger partial charge in [-0.2, -0.15) is 0 Å². The Kier molecular flexibility index (Phi) is 67.4. The van der Waals surface area contributed by atoms with Crippen LogP contribution in [0.25, 0.3) is 0 Å².